The molecule has 0 aliphatic rings. The van der Waals surface area contributed by atoms with Gasteiger partial charge in [-0.05, 0) is 29.3 Å². The molecule has 0 bridgehead atoms. The molecule has 0 aliphatic heterocycles. The maximum atomic E-state index is 6.62. The van der Waals surface area contributed by atoms with Crippen molar-refractivity contribution in [2.75, 3.05) is 0 Å². The zero-order chi connectivity index (χ0) is 17.3. The van der Waals surface area contributed by atoms with Crippen LogP contribution in [0.3, 0.4) is 0 Å². The van der Waals surface area contributed by atoms with Crippen molar-refractivity contribution < 1.29 is 21.1 Å². The van der Waals surface area contributed by atoms with Gasteiger partial charge in [-0.25, -0.2) is 11.3 Å². The van der Waals surface area contributed by atoms with E-state index in [4.69, 9.17) is 6.42 Å². The van der Waals surface area contributed by atoms with Crippen molar-refractivity contribution in [1.82, 2.24) is 9.97 Å². The van der Waals surface area contributed by atoms with E-state index in [-0.39, 0.29) is 21.1 Å². The van der Waals surface area contributed by atoms with Crippen molar-refractivity contribution in [2.24, 2.45) is 0 Å². The Balaban J connectivity index is 0.000000258. The summed E-state index contributed by atoms with van der Waals surface area (Å²) in [7, 11) is 0. The molecular weight excluding hydrogens is 519 g/mol. The molecule has 2 nitrogen and oxygen atoms in total. The van der Waals surface area contributed by atoms with Crippen molar-refractivity contribution in [2.45, 2.75) is 0 Å². The summed E-state index contributed by atoms with van der Waals surface area (Å²) in [5.74, 6) is 2.28. The Morgan fingerprint density at radius 3 is 2.27 bits per heavy atom. The topological polar surface area (TPSA) is 25.8 Å². The summed E-state index contributed by atoms with van der Waals surface area (Å²) in [6.45, 7) is 0. The summed E-state index contributed by atoms with van der Waals surface area (Å²) in [6.07, 6.45) is 8.40. The third-order valence-electron chi connectivity index (χ3n) is 3.31. The van der Waals surface area contributed by atoms with Crippen molar-refractivity contribution in [3.63, 3.8) is 0 Å². The van der Waals surface area contributed by atoms with Gasteiger partial charge in [0.05, 0.1) is 11.4 Å². The molecule has 0 saturated heterocycles. The van der Waals surface area contributed by atoms with Gasteiger partial charge in [-0.1, -0.05) is 29.1 Å². The van der Waals surface area contributed by atoms with Crippen LogP contribution in [-0.4, -0.2) is 9.97 Å². The maximum absolute atomic E-state index is 6.62. The van der Waals surface area contributed by atoms with Crippen LogP contribution in [0.4, 0.5) is 0 Å². The fourth-order valence-corrected chi connectivity index (χ4v) is 2.66. The van der Waals surface area contributed by atoms with E-state index in [1.54, 1.807) is 6.20 Å². The maximum Gasteiger partial charge on any atom is 2.00 e. The summed E-state index contributed by atoms with van der Waals surface area (Å²) in [4.78, 5) is 9.82. The first-order chi connectivity index (χ1) is 12.4. The van der Waals surface area contributed by atoms with Crippen molar-refractivity contribution in [1.29, 1.82) is 0 Å². The molecule has 0 radical (unpaired) electrons. The first kappa shape index (κ1) is 19.8. The Hall–Kier alpha value is -2.53. The Morgan fingerprint density at radius 2 is 1.65 bits per heavy atom. The van der Waals surface area contributed by atoms with Crippen molar-refractivity contribution in [3.8, 4) is 28.6 Å². The van der Waals surface area contributed by atoms with E-state index in [0.29, 0.717) is 0 Å². The van der Waals surface area contributed by atoms with Gasteiger partial charge < -0.3 is 6.42 Å². The van der Waals surface area contributed by atoms with Crippen LogP contribution in [0.15, 0.2) is 84.4 Å². The molecule has 0 fully saturated rings. The molecule has 128 valence electrons. The summed E-state index contributed by atoms with van der Waals surface area (Å²) < 4.78 is 0. The molecule has 0 aliphatic carbocycles. The number of hydrogen-bond donors (Lipinski definition) is 0. The van der Waals surface area contributed by atoms with E-state index in [1.165, 1.54) is 11.3 Å². The van der Waals surface area contributed by atoms with Crippen LogP contribution < -0.4 is 0 Å². The fraction of sp³-hybridized carbons (Fsp3) is 0. The Labute approximate surface area is 172 Å². The fourth-order valence-electron chi connectivity index (χ4n) is 2.14. The first-order valence-electron chi connectivity index (χ1n) is 7.68. The number of rotatable bonds is 2. The average Bonchev–Trinajstić information content (AvgIpc) is 3.24. The number of nitrogens with zero attached hydrogens (tertiary/aromatic N) is 2. The second-order valence-electron chi connectivity index (χ2n) is 5.00. The molecule has 0 saturated carbocycles. The third-order valence-corrected chi connectivity index (χ3v) is 4.09. The number of pyridine rings is 2. The zero-order valence-corrected chi connectivity index (χ0v) is 16.8. The number of hydrogen-bond acceptors (Lipinski definition) is 3. The summed E-state index contributed by atoms with van der Waals surface area (Å²) >= 11 is 1.52. The molecule has 4 aromatic rings. The van der Waals surface area contributed by atoms with Crippen LogP contribution in [0.25, 0.3) is 22.6 Å². The molecule has 3 aromatic heterocycles. The summed E-state index contributed by atoms with van der Waals surface area (Å²) in [5, 5.41) is 1.93. The molecule has 0 N–H and O–H groups in total. The molecule has 1 aromatic carbocycles. The normalized spacial score (nSPS) is 9.19. The second kappa shape index (κ2) is 10.5. The Morgan fingerprint density at radius 1 is 0.846 bits per heavy atom. The van der Waals surface area contributed by atoms with Gasteiger partial charge in [0.2, 0.25) is 0 Å². The SMILES string of the molecule is [C-]#Cc1cccs1.[Pt+2].[c-]1ccccc1-c1cccc(-c2ccccn2)n1. The third kappa shape index (κ3) is 5.49. The molecule has 4 rings (SSSR count). The van der Waals surface area contributed by atoms with Crippen LogP contribution in [0.1, 0.15) is 4.88 Å². The van der Waals surface area contributed by atoms with Crippen LogP contribution in [0, 0.1) is 18.4 Å². The molecule has 4 heteroatoms. The minimum absolute atomic E-state index is 0. The van der Waals surface area contributed by atoms with E-state index in [9.17, 15) is 0 Å². The largest absolute Gasteiger partial charge is 2.00 e. The van der Waals surface area contributed by atoms with Gasteiger partial charge in [0.15, 0.2) is 0 Å². The molecule has 3 heterocycles. The van der Waals surface area contributed by atoms with E-state index < -0.39 is 0 Å². The second-order valence-corrected chi connectivity index (χ2v) is 5.95. The smallest absolute Gasteiger partial charge is 0.365 e. The van der Waals surface area contributed by atoms with E-state index in [0.717, 1.165) is 27.5 Å². The van der Waals surface area contributed by atoms with E-state index in [1.807, 2.05) is 78.2 Å². The summed E-state index contributed by atoms with van der Waals surface area (Å²) in [6, 6.07) is 26.5. The van der Waals surface area contributed by atoms with Gasteiger partial charge >= 0.3 is 21.1 Å². The van der Waals surface area contributed by atoms with Gasteiger partial charge in [-0.2, -0.15) is 0 Å². The zero-order valence-electron chi connectivity index (χ0n) is 13.7. The number of thiophene rings is 1. The van der Waals surface area contributed by atoms with Crippen molar-refractivity contribution in [3.05, 3.63) is 102 Å². The minimum atomic E-state index is 0. The number of benzene rings is 1. The molecule has 26 heavy (non-hydrogen) atoms. The molecule has 0 spiro atoms. The van der Waals surface area contributed by atoms with Crippen LogP contribution in [-0.2, 0) is 21.1 Å². The standard InChI is InChI=1S/C16H11N2.C6H3S.Pt/c1-2-7-13(8-3-1)14-10-6-11-16(18-14)15-9-4-5-12-17-15;1-2-6-4-3-5-7-6;/h1-7,9-12H;3-5H;/q2*-1;+2. The van der Waals surface area contributed by atoms with Gasteiger partial charge in [-0.15, -0.1) is 42.0 Å². The quantitative estimate of drug-likeness (QED) is 0.259. The predicted octanol–water partition coefficient (Wildman–Crippen LogP) is 5.29. The van der Waals surface area contributed by atoms with Gasteiger partial charge in [0, 0.05) is 6.20 Å². The molecule has 0 amide bonds. The van der Waals surface area contributed by atoms with Crippen LogP contribution >= 0.6 is 11.3 Å². The van der Waals surface area contributed by atoms with Crippen LogP contribution in [0.2, 0.25) is 0 Å². The molecular formula is C22H14N2PtS. The molecule has 0 atom stereocenters. The van der Waals surface area contributed by atoms with Gasteiger partial charge in [0.25, 0.3) is 0 Å². The first-order valence-corrected chi connectivity index (χ1v) is 8.56. The van der Waals surface area contributed by atoms with E-state index in [2.05, 4.69) is 22.0 Å². The van der Waals surface area contributed by atoms with Crippen LogP contribution in [0.5, 0.6) is 0 Å². The molecule has 0 unspecified atom stereocenters. The minimum Gasteiger partial charge on any atom is -0.365 e. The Kier molecular flexibility index (Phi) is 7.96. The van der Waals surface area contributed by atoms with Crippen molar-refractivity contribution >= 4 is 11.3 Å². The summed E-state index contributed by atoms with van der Waals surface area (Å²) in [5.41, 5.74) is 3.68. The monoisotopic (exact) mass is 533 g/mol. The average molecular weight is 534 g/mol. The Bertz CT molecular complexity index is 892. The van der Waals surface area contributed by atoms with Gasteiger partial charge in [0.1, 0.15) is 0 Å². The van der Waals surface area contributed by atoms with E-state index >= 15 is 0 Å². The predicted molar refractivity (Wildman–Crippen MR) is 102 cm³/mol. The van der Waals surface area contributed by atoms with Gasteiger partial charge in [-0.3, -0.25) is 15.9 Å². The number of aromatic nitrogens is 2.